The van der Waals surface area contributed by atoms with E-state index in [4.69, 9.17) is 5.11 Å². The molecule has 1 aliphatic heterocycles. The number of benzene rings is 3. The molecule has 3 aromatic carbocycles. The van der Waals surface area contributed by atoms with Crippen molar-refractivity contribution in [2.45, 2.75) is 18.4 Å². The lowest BCUT2D eigenvalue weighted by Gasteiger charge is -2.38. The zero-order chi connectivity index (χ0) is 20.7. The Labute approximate surface area is 174 Å². The predicted molar refractivity (Wildman–Crippen MR) is 117 cm³/mol. The van der Waals surface area contributed by atoms with E-state index < -0.39 is 5.97 Å². The Kier molecular flexibility index (Phi) is 4.51. The van der Waals surface area contributed by atoms with Gasteiger partial charge in [0.15, 0.2) is 0 Å². The molecule has 0 spiro atoms. The van der Waals surface area contributed by atoms with Crippen molar-refractivity contribution in [1.29, 1.82) is 0 Å². The normalized spacial score (nSPS) is 21.5. The van der Waals surface area contributed by atoms with Crippen molar-refractivity contribution >= 4 is 28.3 Å². The number of aliphatic carboxylic acids is 1. The van der Waals surface area contributed by atoms with Gasteiger partial charge in [-0.25, -0.2) is 0 Å². The molecule has 0 bridgehead atoms. The minimum absolute atomic E-state index is 0.176. The molecule has 3 atom stereocenters. The first-order valence-corrected chi connectivity index (χ1v) is 10.2. The van der Waals surface area contributed by atoms with Crippen molar-refractivity contribution in [3.05, 3.63) is 89.5 Å². The Hall–Kier alpha value is -3.60. The van der Waals surface area contributed by atoms with E-state index >= 15 is 0 Å². The number of hydrogen-bond acceptors (Lipinski definition) is 3. The third kappa shape index (κ3) is 3.12. The molecule has 3 aromatic rings. The van der Waals surface area contributed by atoms with Crippen molar-refractivity contribution in [3.63, 3.8) is 0 Å². The number of nitrogens with one attached hydrogen (secondary N) is 2. The number of carbonyl (C=O) groups is 2. The summed E-state index contributed by atoms with van der Waals surface area (Å²) in [6.07, 6.45) is 5.43. The number of carbonyl (C=O) groups excluding carboxylic acids is 1. The van der Waals surface area contributed by atoms with E-state index in [2.05, 4.69) is 65.3 Å². The standard InChI is InChI=1S/C25H22N2O3/c28-23(29)14-26-25(30)16-11-12-22-21(13-16)18-8-4-10-20(18)24(27-22)19-9-3-6-15-5-1-2-7-17(15)19/h1-9,11-13,18,20,24,27H,10,14H2,(H,26,30)(H,28,29)/t18-,20-,24+/m1/s1. The van der Waals surface area contributed by atoms with Crippen LogP contribution in [0, 0.1) is 5.92 Å². The van der Waals surface area contributed by atoms with Crippen molar-refractivity contribution in [3.8, 4) is 0 Å². The fraction of sp³-hybridized carbons (Fsp3) is 0.200. The van der Waals surface area contributed by atoms with Gasteiger partial charge in [-0.15, -0.1) is 0 Å². The van der Waals surface area contributed by atoms with E-state index in [1.54, 1.807) is 6.07 Å². The molecule has 30 heavy (non-hydrogen) atoms. The van der Waals surface area contributed by atoms with Crippen LogP contribution in [0.25, 0.3) is 10.8 Å². The van der Waals surface area contributed by atoms with Crippen LogP contribution >= 0.6 is 0 Å². The highest BCUT2D eigenvalue weighted by Crippen LogP contribution is 2.50. The smallest absolute Gasteiger partial charge is 0.322 e. The lowest BCUT2D eigenvalue weighted by Crippen LogP contribution is -2.31. The second kappa shape index (κ2) is 7.34. The Balaban J connectivity index is 1.52. The lowest BCUT2D eigenvalue weighted by atomic mass is 9.76. The second-order valence-corrected chi connectivity index (χ2v) is 7.92. The first-order chi connectivity index (χ1) is 14.6. The number of allylic oxidation sites excluding steroid dienone is 2. The van der Waals surface area contributed by atoms with Gasteiger partial charge in [-0.05, 0) is 52.4 Å². The highest BCUT2D eigenvalue weighted by atomic mass is 16.4. The molecular formula is C25H22N2O3. The highest BCUT2D eigenvalue weighted by molar-refractivity contribution is 5.96. The molecule has 0 radical (unpaired) electrons. The summed E-state index contributed by atoms with van der Waals surface area (Å²) in [5.41, 5.74) is 3.89. The molecule has 0 unspecified atom stereocenters. The molecule has 150 valence electrons. The van der Waals surface area contributed by atoms with E-state index in [-0.39, 0.29) is 24.4 Å². The summed E-state index contributed by atoms with van der Waals surface area (Å²) >= 11 is 0. The second-order valence-electron chi connectivity index (χ2n) is 7.92. The first kappa shape index (κ1) is 18.4. The third-order valence-electron chi connectivity index (χ3n) is 6.18. The van der Waals surface area contributed by atoms with E-state index in [0.29, 0.717) is 11.5 Å². The minimum atomic E-state index is -1.06. The van der Waals surface area contributed by atoms with E-state index in [9.17, 15) is 9.59 Å². The Morgan fingerprint density at radius 2 is 1.87 bits per heavy atom. The molecule has 2 aliphatic rings. The van der Waals surface area contributed by atoms with Gasteiger partial charge in [-0.1, -0.05) is 54.6 Å². The largest absolute Gasteiger partial charge is 0.480 e. The summed E-state index contributed by atoms with van der Waals surface area (Å²) in [7, 11) is 0. The molecule has 0 saturated carbocycles. The van der Waals surface area contributed by atoms with Crippen LogP contribution in [0.1, 0.15) is 39.9 Å². The van der Waals surface area contributed by atoms with Gasteiger partial charge in [0.25, 0.3) is 5.91 Å². The molecule has 3 N–H and O–H groups in total. The van der Waals surface area contributed by atoms with Crippen LogP contribution in [0.4, 0.5) is 5.69 Å². The van der Waals surface area contributed by atoms with Crippen molar-refractivity contribution in [2.75, 3.05) is 11.9 Å². The van der Waals surface area contributed by atoms with Crippen LogP contribution in [0.5, 0.6) is 0 Å². The van der Waals surface area contributed by atoms with Gasteiger partial charge in [-0.2, -0.15) is 0 Å². The third-order valence-corrected chi connectivity index (χ3v) is 6.18. The number of carboxylic acid groups (broad SMARTS) is 1. The van der Waals surface area contributed by atoms with Gasteiger partial charge in [-0.3, -0.25) is 9.59 Å². The molecule has 1 amide bonds. The Morgan fingerprint density at radius 1 is 1.03 bits per heavy atom. The van der Waals surface area contributed by atoms with Gasteiger partial charge in [0.1, 0.15) is 6.54 Å². The number of fused-ring (bicyclic) bond motifs is 4. The van der Waals surface area contributed by atoms with Gasteiger partial charge >= 0.3 is 5.97 Å². The van der Waals surface area contributed by atoms with Crippen LogP contribution in [-0.4, -0.2) is 23.5 Å². The Morgan fingerprint density at radius 3 is 2.73 bits per heavy atom. The fourth-order valence-corrected chi connectivity index (χ4v) is 4.82. The summed E-state index contributed by atoms with van der Waals surface area (Å²) in [5, 5.41) is 17.5. The maximum Gasteiger partial charge on any atom is 0.322 e. The molecule has 5 rings (SSSR count). The molecule has 0 saturated heterocycles. The minimum Gasteiger partial charge on any atom is -0.480 e. The summed E-state index contributed by atoms with van der Waals surface area (Å²) < 4.78 is 0. The predicted octanol–water partition coefficient (Wildman–Crippen LogP) is 4.48. The quantitative estimate of drug-likeness (QED) is 0.566. The van der Waals surface area contributed by atoms with Crippen molar-refractivity contribution < 1.29 is 14.7 Å². The van der Waals surface area contributed by atoms with Gasteiger partial charge < -0.3 is 15.7 Å². The van der Waals surface area contributed by atoms with Gasteiger partial charge in [0.05, 0.1) is 6.04 Å². The zero-order valence-corrected chi connectivity index (χ0v) is 16.3. The van der Waals surface area contributed by atoms with Crippen LogP contribution in [0.3, 0.4) is 0 Å². The number of rotatable bonds is 4. The summed E-state index contributed by atoms with van der Waals surface area (Å²) in [6.45, 7) is -0.386. The van der Waals surface area contributed by atoms with E-state index in [1.807, 2.05) is 12.1 Å². The van der Waals surface area contributed by atoms with Crippen molar-refractivity contribution in [1.82, 2.24) is 5.32 Å². The SMILES string of the molecule is O=C(O)CNC(=O)c1ccc2c(c1)[C@@H]1C=CC[C@H]1[C@H](c1cccc3ccccc13)N2. The number of carboxylic acids is 1. The molecule has 0 aromatic heterocycles. The average molecular weight is 398 g/mol. The molecular weight excluding hydrogens is 376 g/mol. The van der Waals surface area contributed by atoms with Gasteiger partial charge in [0, 0.05) is 17.2 Å². The summed E-state index contributed by atoms with van der Waals surface area (Å²) in [6, 6.07) is 20.7. The number of amides is 1. The number of hydrogen-bond donors (Lipinski definition) is 3. The monoisotopic (exact) mass is 398 g/mol. The van der Waals surface area contributed by atoms with E-state index in [1.165, 1.54) is 16.3 Å². The topological polar surface area (TPSA) is 78.4 Å². The van der Waals surface area contributed by atoms with Crippen LogP contribution in [-0.2, 0) is 4.79 Å². The first-order valence-electron chi connectivity index (χ1n) is 10.2. The average Bonchev–Trinajstić information content (AvgIpc) is 3.26. The summed E-state index contributed by atoms with van der Waals surface area (Å²) in [4.78, 5) is 23.1. The number of anilines is 1. The molecule has 5 heteroatoms. The van der Waals surface area contributed by atoms with Gasteiger partial charge in [0.2, 0.25) is 0 Å². The Bertz CT molecular complexity index is 1180. The molecule has 1 heterocycles. The summed E-state index contributed by atoms with van der Waals surface area (Å²) in [5.74, 6) is -0.840. The fourth-order valence-electron chi connectivity index (χ4n) is 4.82. The maximum absolute atomic E-state index is 12.3. The molecule has 5 nitrogen and oxygen atoms in total. The maximum atomic E-state index is 12.3. The highest BCUT2D eigenvalue weighted by Gasteiger charge is 2.38. The van der Waals surface area contributed by atoms with Crippen LogP contribution in [0.2, 0.25) is 0 Å². The van der Waals surface area contributed by atoms with Crippen LogP contribution in [0.15, 0.2) is 72.8 Å². The lowest BCUT2D eigenvalue weighted by molar-refractivity contribution is -0.135. The zero-order valence-electron chi connectivity index (χ0n) is 16.3. The molecule has 1 aliphatic carbocycles. The van der Waals surface area contributed by atoms with E-state index in [0.717, 1.165) is 17.7 Å². The van der Waals surface area contributed by atoms with Crippen LogP contribution < -0.4 is 10.6 Å². The van der Waals surface area contributed by atoms with Crippen molar-refractivity contribution in [2.24, 2.45) is 5.92 Å². The molecule has 0 fully saturated rings.